The van der Waals surface area contributed by atoms with Gasteiger partial charge in [-0.25, -0.2) is 9.78 Å². The Hall–Kier alpha value is -4.30. The second-order valence-corrected chi connectivity index (χ2v) is 8.64. The van der Waals surface area contributed by atoms with Crippen LogP contribution in [0.15, 0.2) is 83.7 Å². The average Bonchev–Trinajstić information content (AvgIpc) is 3.27. The topological polar surface area (TPSA) is 90.3 Å². The zero-order chi connectivity index (χ0) is 23.7. The van der Waals surface area contributed by atoms with Crippen LogP contribution in [0.3, 0.4) is 0 Å². The molecule has 0 fully saturated rings. The van der Waals surface area contributed by atoms with Gasteiger partial charge in [0.1, 0.15) is 5.69 Å². The minimum Gasteiger partial charge on any atom is -0.451 e. The van der Waals surface area contributed by atoms with Crippen LogP contribution in [0.4, 0.5) is 5.13 Å². The van der Waals surface area contributed by atoms with E-state index in [9.17, 15) is 14.4 Å². The lowest BCUT2D eigenvalue weighted by Crippen LogP contribution is -2.28. The minimum atomic E-state index is -0.761. The Balaban J connectivity index is 1.45. The summed E-state index contributed by atoms with van der Waals surface area (Å²) in [5, 5.41) is 4.22. The van der Waals surface area contributed by atoms with Crippen LogP contribution < -0.4 is 10.9 Å². The molecule has 168 valence electrons. The molecule has 1 amide bonds. The molecule has 0 atom stereocenters. The fraction of sp³-hybridized carbons (Fsp3) is 0.0769. The fourth-order valence-corrected chi connectivity index (χ4v) is 4.76. The van der Waals surface area contributed by atoms with Crippen LogP contribution in [-0.2, 0) is 16.6 Å². The summed E-state index contributed by atoms with van der Waals surface area (Å²) >= 11 is 1.33. The average molecular weight is 470 g/mol. The van der Waals surface area contributed by atoms with Gasteiger partial charge in [0, 0.05) is 18.0 Å². The molecule has 0 aliphatic rings. The maximum absolute atomic E-state index is 13.2. The lowest BCUT2D eigenvalue weighted by Gasteiger charge is -2.16. The summed E-state index contributed by atoms with van der Waals surface area (Å²) in [6.45, 7) is -0.510. The molecule has 0 spiro atoms. The number of nitrogens with zero attached hydrogens (tertiary/aromatic N) is 2. The van der Waals surface area contributed by atoms with E-state index in [1.54, 1.807) is 18.2 Å². The largest absolute Gasteiger partial charge is 0.451 e. The Kier molecular flexibility index (Phi) is 5.65. The molecule has 0 saturated heterocycles. The van der Waals surface area contributed by atoms with Crippen molar-refractivity contribution in [3.05, 3.63) is 94.9 Å². The molecule has 5 aromatic rings. The molecule has 0 aliphatic carbocycles. The number of anilines is 1. The number of esters is 1. The van der Waals surface area contributed by atoms with Gasteiger partial charge in [-0.2, -0.15) is 0 Å². The third-order valence-electron chi connectivity index (χ3n) is 5.43. The van der Waals surface area contributed by atoms with E-state index >= 15 is 0 Å². The molecule has 5 rings (SSSR count). The number of carbonyl (C=O) groups is 2. The summed E-state index contributed by atoms with van der Waals surface area (Å²) in [5.41, 5.74) is 1.89. The molecule has 0 saturated carbocycles. The molecule has 2 heterocycles. The predicted molar refractivity (Wildman–Crippen MR) is 133 cm³/mol. The standard InChI is InChI=1S/C26H19N3O4S/c1-29-23(22(16-9-3-2-4-10-16)17-11-5-6-12-18(17)24(29)31)25(32)33-15-21(30)28-26-27-19-13-7-8-14-20(19)34-26/h2-14H,15H2,1H3,(H,27,28,30). The van der Waals surface area contributed by atoms with Crippen LogP contribution in [0, 0.1) is 0 Å². The number of para-hydroxylation sites is 1. The van der Waals surface area contributed by atoms with Gasteiger partial charge in [-0.1, -0.05) is 72.0 Å². The molecular formula is C26H19N3O4S. The van der Waals surface area contributed by atoms with Gasteiger partial charge in [-0.05, 0) is 29.1 Å². The lowest BCUT2D eigenvalue weighted by atomic mass is 9.97. The third-order valence-corrected chi connectivity index (χ3v) is 6.39. The fourth-order valence-electron chi connectivity index (χ4n) is 3.88. The molecule has 3 aromatic carbocycles. The van der Waals surface area contributed by atoms with Crippen LogP contribution >= 0.6 is 11.3 Å². The van der Waals surface area contributed by atoms with E-state index in [1.807, 2.05) is 60.7 Å². The van der Waals surface area contributed by atoms with Gasteiger partial charge < -0.3 is 9.30 Å². The lowest BCUT2D eigenvalue weighted by molar-refractivity contribution is -0.119. The normalized spacial score (nSPS) is 11.0. The number of fused-ring (bicyclic) bond motifs is 2. The number of thiazole rings is 1. The van der Waals surface area contributed by atoms with E-state index in [4.69, 9.17) is 4.74 Å². The van der Waals surface area contributed by atoms with Crippen molar-refractivity contribution in [1.29, 1.82) is 0 Å². The van der Waals surface area contributed by atoms with Crippen LogP contribution in [0.25, 0.3) is 32.1 Å². The first kappa shape index (κ1) is 21.5. The summed E-state index contributed by atoms with van der Waals surface area (Å²) in [5.74, 6) is -1.27. The van der Waals surface area contributed by atoms with E-state index in [1.165, 1.54) is 23.0 Å². The van der Waals surface area contributed by atoms with E-state index in [0.29, 0.717) is 21.5 Å². The Morgan fingerprint density at radius 2 is 1.62 bits per heavy atom. The molecule has 34 heavy (non-hydrogen) atoms. The van der Waals surface area contributed by atoms with Crippen molar-refractivity contribution in [2.75, 3.05) is 11.9 Å². The first-order valence-corrected chi connectivity index (χ1v) is 11.3. The summed E-state index contributed by atoms with van der Waals surface area (Å²) in [6, 6.07) is 24.0. The summed E-state index contributed by atoms with van der Waals surface area (Å²) in [4.78, 5) is 43.0. The van der Waals surface area contributed by atoms with Gasteiger partial charge in [0.05, 0.1) is 10.2 Å². The van der Waals surface area contributed by atoms with Crippen molar-refractivity contribution >= 4 is 49.3 Å². The molecule has 2 aromatic heterocycles. The minimum absolute atomic E-state index is 0.0858. The molecule has 0 radical (unpaired) electrons. The zero-order valence-electron chi connectivity index (χ0n) is 18.1. The predicted octanol–water partition coefficient (Wildman–Crippen LogP) is 4.61. The van der Waals surface area contributed by atoms with Crippen molar-refractivity contribution in [2.24, 2.45) is 7.05 Å². The van der Waals surface area contributed by atoms with Crippen molar-refractivity contribution < 1.29 is 14.3 Å². The Bertz CT molecular complexity index is 1570. The van der Waals surface area contributed by atoms with E-state index in [-0.39, 0.29) is 11.3 Å². The highest BCUT2D eigenvalue weighted by molar-refractivity contribution is 7.22. The van der Waals surface area contributed by atoms with Crippen LogP contribution in [0.5, 0.6) is 0 Å². The van der Waals surface area contributed by atoms with Gasteiger partial charge in [-0.15, -0.1) is 0 Å². The second-order valence-electron chi connectivity index (χ2n) is 7.61. The maximum atomic E-state index is 13.2. The first-order valence-electron chi connectivity index (χ1n) is 10.5. The summed E-state index contributed by atoms with van der Waals surface area (Å²) < 4.78 is 7.56. The SMILES string of the molecule is Cn1c(C(=O)OCC(=O)Nc2nc3ccccc3s2)c(-c2ccccc2)c2ccccc2c1=O. The molecule has 0 unspecified atom stereocenters. The van der Waals surface area contributed by atoms with Crippen molar-refractivity contribution in [3.63, 3.8) is 0 Å². The Morgan fingerprint density at radius 1 is 0.941 bits per heavy atom. The van der Waals surface area contributed by atoms with Crippen molar-refractivity contribution in [2.45, 2.75) is 0 Å². The smallest absolute Gasteiger partial charge is 0.356 e. The molecule has 7 nitrogen and oxygen atoms in total. The Morgan fingerprint density at radius 3 is 2.38 bits per heavy atom. The number of pyridine rings is 1. The van der Waals surface area contributed by atoms with Crippen LogP contribution in [-0.4, -0.2) is 28.0 Å². The van der Waals surface area contributed by atoms with Crippen LogP contribution in [0.1, 0.15) is 10.5 Å². The highest BCUT2D eigenvalue weighted by atomic mass is 32.1. The zero-order valence-corrected chi connectivity index (χ0v) is 19.0. The number of nitrogens with one attached hydrogen (secondary N) is 1. The van der Waals surface area contributed by atoms with Crippen LogP contribution in [0.2, 0.25) is 0 Å². The van der Waals surface area contributed by atoms with Gasteiger partial charge in [0.2, 0.25) is 0 Å². The summed E-state index contributed by atoms with van der Waals surface area (Å²) in [7, 11) is 1.53. The quantitative estimate of drug-likeness (QED) is 0.380. The van der Waals surface area contributed by atoms with E-state index < -0.39 is 18.5 Å². The molecule has 1 N–H and O–H groups in total. The Labute approximate surface area is 198 Å². The van der Waals surface area contributed by atoms with Gasteiger partial charge in [-0.3, -0.25) is 14.9 Å². The number of rotatable bonds is 5. The highest BCUT2D eigenvalue weighted by Crippen LogP contribution is 2.31. The summed E-state index contributed by atoms with van der Waals surface area (Å²) in [6.07, 6.45) is 0. The van der Waals surface area contributed by atoms with Gasteiger partial charge in [0.15, 0.2) is 11.7 Å². The number of aromatic nitrogens is 2. The van der Waals surface area contributed by atoms with E-state index in [2.05, 4.69) is 10.3 Å². The third kappa shape index (κ3) is 3.95. The van der Waals surface area contributed by atoms with Gasteiger partial charge in [0.25, 0.3) is 11.5 Å². The number of ether oxygens (including phenoxy) is 1. The highest BCUT2D eigenvalue weighted by Gasteiger charge is 2.23. The van der Waals surface area contributed by atoms with Gasteiger partial charge >= 0.3 is 5.97 Å². The van der Waals surface area contributed by atoms with E-state index in [0.717, 1.165) is 15.8 Å². The number of amides is 1. The van der Waals surface area contributed by atoms with Crippen molar-refractivity contribution in [1.82, 2.24) is 9.55 Å². The molecular weight excluding hydrogens is 450 g/mol. The number of benzene rings is 3. The molecule has 0 aliphatic heterocycles. The monoisotopic (exact) mass is 469 g/mol. The number of hydrogen-bond donors (Lipinski definition) is 1. The molecule has 8 heteroatoms. The second kappa shape index (κ2) is 8.92. The molecule has 0 bridgehead atoms. The maximum Gasteiger partial charge on any atom is 0.356 e. The number of carbonyl (C=O) groups excluding carboxylic acids is 2. The number of hydrogen-bond acceptors (Lipinski definition) is 6. The first-order chi connectivity index (χ1) is 16.5. The van der Waals surface area contributed by atoms with Crippen molar-refractivity contribution in [3.8, 4) is 11.1 Å².